The molecule has 2 aromatic heterocycles. The van der Waals surface area contributed by atoms with Crippen molar-refractivity contribution >= 4 is 23.4 Å². The van der Waals surface area contributed by atoms with E-state index in [1.807, 2.05) is 22.9 Å². The number of aromatic amines is 1. The van der Waals surface area contributed by atoms with E-state index in [0.29, 0.717) is 11.2 Å². The lowest BCUT2D eigenvalue weighted by Crippen LogP contribution is -2.02. The van der Waals surface area contributed by atoms with Gasteiger partial charge >= 0.3 is 0 Å². The van der Waals surface area contributed by atoms with Crippen molar-refractivity contribution in [1.29, 1.82) is 0 Å². The van der Waals surface area contributed by atoms with Crippen molar-refractivity contribution in [2.75, 3.05) is 0 Å². The Morgan fingerprint density at radius 1 is 1.18 bits per heavy atom. The van der Waals surface area contributed by atoms with Crippen LogP contribution in [-0.2, 0) is 6.54 Å². The highest BCUT2D eigenvalue weighted by Gasteiger charge is 2.04. The third-order valence-corrected chi connectivity index (χ3v) is 2.76. The second-order valence-electron chi connectivity index (χ2n) is 3.77. The monoisotopic (exact) mass is 242 g/mol. The molecule has 0 aliphatic carbocycles. The van der Waals surface area contributed by atoms with E-state index in [2.05, 4.69) is 27.2 Å². The molecule has 1 N–H and O–H groups in total. The van der Waals surface area contributed by atoms with E-state index < -0.39 is 0 Å². The molecule has 1 aromatic carbocycles. The molecule has 17 heavy (non-hydrogen) atoms. The Morgan fingerprint density at radius 2 is 2.00 bits per heavy atom. The third-order valence-electron chi connectivity index (χ3n) is 2.55. The zero-order chi connectivity index (χ0) is 11.7. The molecular weight excluding hydrogens is 232 g/mol. The fourth-order valence-corrected chi connectivity index (χ4v) is 1.92. The van der Waals surface area contributed by atoms with Crippen LogP contribution >= 0.6 is 12.2 Å². The highest BCUT2D eigenvalue weighted by molar-refractivity contribution is 7.71. The maximum absolute atomic E-state index is 5.02. The number of fused-ring (bicyclic) bond motifs is 1. The molecule has 0 amide bonds. The number of hydrogen-bond acceptors (Lipinski definition) is 3. The van der Waals surface area contributed by atoms with Crippen LogP contribution in [0.25, 0.3) is 11.2 Å². The molecule has 3 aromatic rings. The minimum absolute atomic E-state index is 0.622. The van der Waals surface area contributed by atoms with Crippen LogP contribution in [-0.4, -0.2) is 19.7 Å². The van der Waals surface area contributed by atoms with Gasteiger partial charge in [-0.1, -0.05) is 42.5 Å². The van der Waals surface area contributed by atoms with E-state index in [1.54, 1.807) is 12.4 Å². The summed E-state index contributed by atoms with van der Waals surface area (Å²) < 4.78 is 2.48. The van der Waals surface area contributed by atoms with Crippen molar-refractivity contribution in [3.8, 4) is 0 Å². The van der Waals surface area contributed by atoms with Gasteiger partial charge in [-0.25, -0.2) is 9.67 Å². The average molecular weight is 242 g/mol. The summed E-state index contributed by atoms with van der Waals surface area (Å²) >= 11 is 5.02. The van der Waals surface area contributed by atoms with E-state index in [-0.39, 0.29) is 0 Å². The quantitative estimate of drug-likeness (QED) is 0.702. The number of nitrogens with zero attached hydrogens (tertiary/aromatic N) is 3. The maximum Gasteiger partial charge on any atom is 0.174 e. The summed E-state index contributed by atoms with van der Waals surface area (Å²) in [5.74, 6) is 0. The van der Waals surface area contributed by atoms with Crippen molar-refractivity contribution < 1.29 is 0 Å². The lowest BCUT2D eigenvalue weighted by Gasteiger charge is -2.02. The molecule has 84 valence electrons. The molecule has 0 fully saturated rings. The fourth-order valence-electron chi connectivity index (χ4n) is 1.76. The van der Waals surface area contributed by atoms with Crippen molar-refractivity contribution in [1.82, 2.24) is 19.7 Å². The van der Waals surface area contributed by atoms with Gasteiger partial charge in [0, 0.05) is 0 Å². The second-order valence-corrected chi connectivity index (χ2v) is 4.21. The van der Waals surface area contributed by atoms with E-state index in [4.69, 9.17) is 12.2 Å². The molecule has 3 rings (SSSR count). The maximum atomic E-state index is 5.02. The first-order valence-electron chi connectivity index (χ1n) is 5.28. The Hall–Kier alpha value is -2.01. The van der Waals surface area contributed by atoms with Crippen molar-refractivity contribution in [2.45, 2.75) is 6.54 Å². The van der Waals surface area contributed by atoms with Crippen molar-refractivity contribution in [3.05, 3.63) is 52.9 Å². The van der Waals surface area contributed by atoms with E-state index >= 15 is 0 Å². The summed E-state index contributed by atoms with van der Waals surface area (Å²) in [6, 6.07) is 10.2. The van der Waals surface area contributed by atoms with Crippen LogP contribution in [0.2, 0.25) is 0 Å². The van der Waals surface area contributed by atoms with Crippen molar-refractivity contribution in [2.24, 2.45) is 0 Å². The van der Waals surface area contributed by atoms with Crippen LogP contribution in [0.3, 0.4) is 0 Å². The summed E-state index contributed by atoms with van der Waals surface area (Å²) in [6.45, 7) is 0.710. The predicted octanol–water partition coefficient (Wildman–Crippen LogP) is 2.54. The summed E-state index contributed by atoms with van der Waals surface area (Å²) in [7, 11) is 0. The molecule has 0 atom stereocenters. The van der Waals surface area contributed by atoms with Crippen LogP contribution in [0.4, 0.5) is 0 Å². The fraction of sp³-hybridized carbons (Fsp3) is 0.0833. The zero-order valence-corrected chi connectivity index (χ0v) is 9.81. The van der Waals surface area contributed by atoms with Gasteiger partial charge in [-0.3, -0.25) is 0 Å². The van der Waals surface area contributed by atoms with Gasteiger partial charge in [0.05, 0.1) is 18.9 Å². The van der Waals surface area contributed by atoms with E-state index in [1.165, 1.54) is 5.56 Å². The standard InChI is InChI=1S/C12H10N4S/c17-11-7-13-12-10(15-11)6-14-16(12)8-9-4-2-1-3-5-9/h1-7H,8H2,(H,15,17). The van der Waals surface area contributed by atoms with Gasteiger partial charge in [-0.05, 0) is 5.56 Å². The van der Waals surface area contributed by atoms with Gasteiger partial charge in [0.15, 0.2) is 5.65 Å². The van der Waals surface area contributed by atoms with Gasteiger partial charge in [-0.15, -0.1) is 0 Å². The topological polar surface area (TPSA) is 46.5 Å². The Labute approximate surface area is 103 Å². The molecular formula is C12H10N4S. The number of H-pyrrole nitrogens is 1. The summed E-state index contributed by atoms with van der Waals surface area (Å²) in [5.41, 5.74) is 2.89. The summed E-state index contributed by atoms with van der Waals surface area (Å²) in [4.78, 5) is 7.37. The summed E-state index contributed by atoms with van der Waals surface area (Å²) in [5, 5.41) is 4.31. The number of rotatable bonds is 2. The molecule has 0 aliphatic heterocycles. The Balaban J connectivity index is 2.04. The Kier molecular flexibility index (Phi) is 2.45. The lowest BCUT2D eigenvalue weighted by atomic mass is 10.2. The van der Waals surface area contributed by atoms with E-state index in [9.17, 15) is 0 Å². The summed E-state index contributed by atoms with van der Waals surface area (Å²) in [6.07, 6.45) is 3.39. The zero-order valence-electron chi connectivity index (χ0n) is 9.00. The van der Waals surface area contributed by atoms with Crippen LogP contribution in [0.5, 0.6) is 0 Å². The first-order chi connectivity index (χ1) is 8.33. The second kappa shape index (κ2) is 4.10. The minimum Gasteiger partial charge on any atom is -0.341 e. The van der Waals surface area contributed by atoms with Gasteiger partial charge in [0.1, 0.15) is 10.2 Å². The highest BCUT2D eigenvalue weighted by Crippen LogP contribution is 2.10. The van der Waals surface area contributed by atoms with Gasteiger partial charge in [-0.2, -0.15) is 5.10 Å². The van der Waals surface area contributed by atoms with Gasteiger partial charge < -0.3 is 4.98 Å². The number of hydrogen-bond donors (Lipinski definition) is 1. The van der Waals surface area contributed by atoms with Crippen LogP contribution in [0.1, 0.15) is 5.56 Å². The average Bonchev–Trinajstić information content (AvgIpc) is 2.73. The molecule has 4 nitrogen and oxygen atoms in total. The normalized spacial score (nSPS) is 10.8. The van der Waals surface area contributed by atoms with Gasteiger partial charge in [0.25, 0.3) is 0 Å². The molecule has 0 bridgehead atoms. The van der Waals surface area contributed by atoms with Gasteiger partial charge in [0.2, 0.25) is 0 Å². The number of aromatic nitrogens is 4. The third kappa shape index (κ3) is 1.97. The molecule has 0 saturated heterocycles. The number of nitrogens with one attached hydrogen (secondary N) is 1. The van der Waals surface area contributed by atoms with Crippen LogP contribution in [0, 0.1) is 4.64 Å². The van der Waals surface area contributed by atoms with Crippen LogP contribution < -0.4 is 0 Å². The Bertz CT molecular complexity index is 699. The first-order valence-corrected chi connectivity index (χ1v) is 5.68. The Morgan fingerprint density at radius 3 is 2.82 bits per heavy atom. The first kappa shape index (κ1) is 10.2. The predicted molar refractivity (Wildman–Crippen MR) is 68.3 cm³/mol. The lowest BCUT2D eigenvalue weighted by molar-refractivity contribution is 0.704. The largest absolute Gasteiger partial charge is 0.341 e. The van der Waals surface area contributed by atoms with Crippen LogP contribution in [0.15, 0.2) is 42.7 Å². The highest BCUT2D eigenvalue weighted by atomic mass is 32.1. The molecule has 0 radical (unpaired) electrons. The molecule has 0 saturated carbocycles. The molecule has 5 heteroatoms. The molecule has 0 unspecified atom stereocenters. The molecule has 0 spiro atoms. The van der Waals surface area contributed by atoms with Crippen molar-refractivity contribution in [3.63, 3.8) is 0 Å². The van der Waals surface area contributed by atoms with E-state index in [0.717, 1.165) is 11.2 Å². The number of benzene rings is 1. The smallest absolute Gasteiger partial charge is 0.174 e. The molecule has 2 heterocycles. The minimum atomic E-state index is 0.622. The SMILES string of the molecule is S=c1cnc2c(cnn2Cc2ccccc2)[nH]1. The molecule has 0 aliphatic rings.